The fourth-order valence-electron chi connectivity index (χ4n) is 3.40. The molecule has 23 heavy (non-hydrogen) atoms. The molecule has 2 aliphatic rings. The Morgan fingerprint density at radius 2 is 1.87 bits per heavy atom. The Morgan fingerprint density at radius 3 is 2.48 bits per heavy atom. The Morgan fingerprint density at radius 1 is 1.17 bits per heavy atom. The van der Waals surface area contributed by atoms with E-state index in [1.165, 1.54) is 31.5 Å². The highest BCUT2D eigenvalue weighted by molar-refractivity contribution is 7.91. The predicted octanol–water partition coefficient (Wildman–Crippen LogP) is 2.05. The highest BCUT2D eigenvalue weighted by Crippen LogP contribution is 2.22. The lowest BCUT2D eigenvalue weighted by molar-refractivity contribution is -0.116. The van der Waals surface area contributed by atoms with Crippen molar-refractivity contribution in [1.82, 2.24) is 4.90 Å². The Kier molecular flexibility index (Phi) is 5.02. The zero-order valence-corrected chi connectivity index (χ0v) is 14.1. The molecule has 0 bridgehead atoms. The van der Waals surface area contributed by atoms with Gasteiger partial charge >= 0.3 is 0 Å². The van der Waals surface area contributed by atoms with Crippen molar-refractivity contribution in [2.45, 2.75) is 32.2 Å². The maximum absolute atomic E-state index is 12.0. The van der Waals surface area contributed by atoms with E-state index in [4.69, 9.17) is 0 Å². The van der Waals surface area contributed by atoms with Crippen LogP contribution in [0.2, 0.25) is 0 Å². The summed E-state index contributed by atoms with van der Waals surface area (Å²) in [6.07, 6.45) is 3.45. The number of rotatable bonds is 5. The molecule has 0 saturated carbocycles. The fourth-order valence-corrected chi connectivity index (χ4v) is 5.26. The highest BCUT2D eigenvalue weighted by Gasteiger charge is 2.29. The van der Waals surface area contributed by atoms with E-state index in [1.807, 2.05) is 24.3 Å². The standard InChI is InChI=1S/C17H24N2O3S/c20-17(11-15-7-10-23(21,22)13-15)18-16-5-3-14(4-6-16)12-19-8-1-2-9-19/h3-6,15H,1-2,7-13H2,(H,18,20). The molecule has 2 saturated heterocycles. The molecule has 2 heterocycles. The van der Waals surface area contributed by atoms with Gasteiger partial charge in [-0.25, -0.2) is 8.42 Å². The van der Waals surface area contributed by atoms with Crippen LogP contribution in [-0.4, -0.2) is 43.8 Å². The van der Waals surface area contributed by atoms with Crippen LogP contribution in [0.5, 0.6) is 0 Å². The van der Waals surface area contributed by atoms with Gasteiger partial charge < -0.3 is 5.32 Å². The third kappa shape index (κ3) is 4.78. The van der Waals surface area contributed by atoms with Gasteiger partial charge in [0, 0.05) is 18.7 Å². The van der Waals surface area contributed by atoms with Crippen LogP contribution < -0.4 is 5.32 Å². The first-order valence-electron chi connectivity index (χ1n) is 8.32. The van der Waals surface area contributed by atoms with Crippen molar-refractivity contribution in [3.63, 3.8) is 0 Å². The summed E-state index contributed by atoms with van der Waals surface area (Å²) in [5, 5.41) is 2.87. The number of hydrogen-bond acceptors (Lipinski definition) is 4. The minimum atomic E-state index is -2.92. The summed E-state index contributed by atoms with van der Waals surface area (Å²) in [4.78, 5) is 14.5. The number of nitrogens with zero attached hydrogens (tertiary/aromatic N) is 1. The monoisotopic (exact) mass is 336 g/mol. The van der Waals surface area contributed by atoms with E-state index in [1.54, 1.807) is 0 Å². The number of likely N-dealkylation sites (tertiary alicyclic amines) is 1. The van der Waals surface area contributed by atoms with Crippen molar-refractivity contribution < 1.29 is 13.2 Å². The van der Waals surface area contributed by atoms with Crippen LogP contribution in [0.25, 0.3) is 0 Å². The first-order chi connectivity index (χ1) is 11.0. The van der Waals surface area contributed by atoms with Gasteiger partial charge in [0.05, 0.1) is 11.5 Å². The summed E-state index contributed by atoms with van der Waals surface area (Å²) in [5.41, 5.74) is 2.04. The van der Waals surface area contributed by atoms with Crippen LogP contribution in [0.4, 0.5) is 5.69 Å². The maximum Gasteiger partial charge on any atom is 0.224 e. The number of carbonyl (C=O) groups is 1. The third-order valence-corrected chi connectivity index (χ3v) is 6.48. The van der Waals surface area contributed by atoms with Crippen LogP contribution in [-0.2, 0) is 21.2 Å². The number of hydrogen-bond donors (Lipinski definition) is 1. The Balaban J connectivity index is 1.48. The van der Waals surface area contributed by atoms with Crippen LogP contribution in [0, 0.1) is 5.92 Å². The van der Waals surface area contributed by atoms with Crippen LogP contribution in [0.1, 0.15) is 31.2 Å². The molecule has 0 radical (unpaired) electrons. The lowest BCUT2D eigenvalue weighted by Gasteiger charge is -2.15. The molecule has 1 N–H and O–H groups in total. The number of anilines is 1. The molecule has 1 atom stereocenters. The van der Waals surface area contributed by atoms with Gasteiger partial charge in [0.2, 0.25) is 5.91 Å². The Hall–Kier alpha value is -1.40. The number of carbonyl (C=O) groups excluding carboxylic acids is 1. The quantitative estimate of drug-likeness (QED) is 0.894. The Bertz CT molecular complexity index is 649. The number of nitrogens with one attached hydrogen (secondary N) is 1. The van der Waals surface area contributed by atoms with E-state index in [-0.39, 0.29) is 29.8 Å². The van der Waals surface area contributed by atoms with E-state index < -0.39 is 9.84 Å². The Labute approximate surface area is 138 Å². The minimum absolute atomic E-state index is 0.0329. The topological polar surface area (TPSA) is 66.5 Å². The molecule has 1 aromatic carbocycles. The lowest BCUT2D eigenvalue weighted by Crippen LogP contribution is -2.19. The molecule has 5 nitrogen and oxygen atoms in total. The van der Waals surface area contributed by atoms with Crippen molar-refractivity contribution in [3.05, 3.63) is 29.8 Å². The van der Waals surface area contributed by atoms with E-state index in [0.717, 1.165) is 12.2 Å². The van der Waals surface area contributed by atoms with Gasteiger partial charge in [0.15, 0.2) is 9.84 Å². The molecule has 2 fully saturated rings. The fraction of sp³-hybridized carbons (Fsp3) is 0.588. The summed E-state index contributed by atoms with van der Waals surface area (Å²) >= 11 is 0. The lowest BCUT2D eigenvalue weighted by atomic mass is 10.0. The molecular weight excluding hydrogens is 312 g/mol. The molecule has 3 rings (SSSR count). The summed E-state index contributed by atoms with van der Waals surface area (Å²) in [6.45, 7) is 3.31. The second kappa shape index (κ2) is 7.01. The molecular formula is C17H24N2O3S. The van der Waals surface area contributed by atoms with E-state index in [9.17, 15) is 13.2 Å². The molecule has 1 unspecified atom stereocenters. The summed E-state index contributed by atoms with van der Waals surface area (Å²) in [6, 6.07) is 7.95. The largest absolute Gasteiger partial charge is 0.326 e. The first-order valence-corrected chi connectivity index (χ1v) is 10.1. The SMILES string of the molecule is O=C(CC1CCS(=O)(=O)C1)Nc1ccc(CN2CCCC2)cc1. The second-order valence-electron chi connectivity index (χ2n) is 6.70. The van der Waals surface area contributed by atoms with Gasteiger partial charge in [-0.15, -0.1) is 0 Å². The molecule has 0 spiro atoms. The normalized spacial score (nSPS) is 23.9. The molecule has 126 valence electrons. The van der Waals surface area contributed by atoms with Crippen molar-refractivity contribution in [3.8, 4) is 0 Å². The molecule has 0 aliphatic carbocycles. The second-order valence-corrected chi connectivity index (χ2v) is 8.93. The van der Waals surface area contributed by atoms with Crippen LogP contribution in [0.3, 0.4) is 0 Å². The first kappa shape index (κ1) is 16.5. The molecule has 1 amide bonds. The molecule has 1 aromatic rings. The van der Waals surface area contributed by atoms with Gasteiger partial charge in [0.1, 0.15) is 0 Å². The zero-order chi connectivity index (χ0) is 16.3. The van der Waals surface area contributed by atoms with Crippen molar-refractivity contribution in [1.29, 1.82) is 0 Å². The third-order valence-electron chi connectivity index (χ3n) is 4.64. The van der Waals surface area contributed by atoms with Gasteiger partial charge in [-0.05, 0) is 56.0 Å². The average Bonchev–Trinajstić information content (AvgIpc) is 3.11. The zero-order valence-electron chi connectivity index (χ0n) is 13.3. The number of benzene rings is 1. The maximum atomic E-state index is 12.0. The minimum Gasteiger partial charge on any atom is -0.326 e. The van der Waals surface area contributed by atoms with Crippen molar-refractivity contribution in [2.24, 2.45) is 5.92 Å². The van der Waals surface area contributed by atoms with E-state index in [0.29, 0.717) is 6.42 Å². The van der Waals surface area contributed by atoms with Gasteiger partial charge in [-0.3, -0.25) is 9.69 Å². The summed E-state index contributed by atoms with van der Waals surface area (Å²) < 4.78 is 22.8. The number of sulfone groups is 1. The summed E-state index contributed by atoms with van der Waals surface area (Å²) in [5.74, 6) is 0.236. The molecule has 6 heteroatoms. The summed E-state index contributed by atoms with van der Waals surface area (Å²) in [7, 11) is -2.92. The highest BCUT2D eigenvalue weighted by atomic mass is 32.2. The van der Waals surface area contributed by atoms with Crippen molar-refractivity contribution >= 4 is 21.4 Å². The van der Waals surface area contributed by atoms with Gasteiger partial charge in [0.25, 0.3) is 0 Å². The van der Waals surface area contributed by atoms with Crippen molar-refractivity contribution in [2.75, 3.05) is 29.9 Å². The molecule has 2 aliphatic heterocycles. The van der Waals surface area contributed by atoms with Gasteiger partial charge in [-0.2, -0.15) is 0 Å². The van der Waals surface area contributed by atoms with E-state index >= 15 is 0 Å². The van der Waals surface area contributed by atoms with Gasteiger partial charge in [-0.1, -0.05) is 12.1 Å². The molecule has 0 aromatic heterocycles. The van der Waals surface area contributed by atoms with Crippen LogP contribution in [0.15, 0.2) is 24.3 Å². The smallest absolute Gasteiger partial charge is 0.224 e. The number of amides is 1. The predicted molar refractivity (Wildman–Crippen MR) is 91.0 cm³/mol. The van der Waals surface area contributed by atoms with E-state index in [2.05, 4.69) is 10.2 Å². The van der Waals surface area contributed by atoms with Crippen LogP contribution >= 0.6 is 0 Å². The average molecular weight is 336 g/mol.